The average Bonchev–Trinajstić information content (AvgIpc) is 3.29. The minimum atomic E-state index is 0.644. The van der Waals surface area contributed by atoms with Crippen molar-refractivity contribution in [3.63, 3.8) is 0 Å². The molecule has 0 aliphatic rings. The number of benzene rings is 2. The molecule has 1 N–H and O–H groups in total. The van der Waals surface area contributed by atoms with Crippen LogP contribution in [0, 0.1) is 0 Å². The molecule has 0 aliphatic carbocycles. The number of nitrogens with one attached hydrogen (secondary N) is 1. The molecule has 0 saturated carbocycles. The quantitative estimate of drug-likeness (QED) is 0.542. The molecule has 0 amide bonds. The summed E-state index contributed by atoms with van der Waals surface area (Å²) in [6.07, 6.45) is 1.82. The minimum absolute atomic E-state index is 0.644. The fourth-order valence-corrected chi connectivity index (χ4v) is 2.85. The van der Waals surface area contributed by atoms with Gasteiger partial charge in [-0.2, -0.15) is 14.7 Å². The van der Waals surface area contributed by atoms with Crippen molar-refractivity contribution < 1.29 is 0 Å². The molecule has 5 aromatic rings. The number of hydrogen-bond donors (Lipinski definition) is 1. The van der Waals surface area contributed by atoms with E-state index < -0.39 is 0 Å². The van der Waals surface area contributed by atoms with Crippen LogP contribution in [0.3, 0.4) is 0 Å². The Balaban J connectivity index is 1.68. The Morgan fingerprint density at radius 1 is 0.875 bits per heavy atom. The number of hydrogen-bond acceptors (Lipinski definition) is 4. The highest BCUT2D eigenvalue weighted by Gasteiger charge is 2.14. The molecule has 0 fully saturated rings. The van der Waals surface area contributed by atoms with Crippen LogP contribution in [0.15, 0.2) is 66.9 Å². The van der Waals surface area contributed by atoms with Crippen molar-refractivity contribution in [2.75, 3.05) is 0 Å². The third-order valence-electron chi connectivity index (χ3n) is 4.04. The highest BCUT2D eigenvalue weighted by Crippen LogP contribution is 2.24. The average molecular weight is 312 g/mol. The number of rotatable bonds is 2. The largest absolute Gasteiger partial charge is 0.274 e. The van der Waals surface area contributed by atoms with E-state index in [0.717, 1.165) is 33.4 Å². The van der Waals surface area contributed by atoms with Crippen LogP contribution in [0.1, 0.15) is 0 Å². The number of aromatic amines is 1. The Bertz CT molecular complexity index is 1160. The number of fused-ring (bicyclic) bond motifs is 3. The van der Waals surface area contributed by atoms with E-state index in [4.69, 9.17) is 0 Å². The molecule has 0 unspecified atom stereocenters. The Labute approximate surface area is 136 Å². The van der Waals surface area contributed by atoms with Crippen LogP contribution >= 0.6 is 0 Å². The lowest BCUT2D eigenvalue weighted by atomic mass is 10.1. The summed E-state index contributed by atoms with van der Waals surface area (Å²) in [5.74, 6) is 0.644. The van der Waals surface area contributed by atoms with Crippen molar-refractivity contribution in [3.05, 3.63) is 66.9 Å². The monoisotopic (exact) mass is 312 g/mol. The van der Waals surface area contributed by atoms with E-state index in [9.17, 15) is 0 Å². The maximum Gasteiger partial charge on any atom is 0.203 e. The molecule has 0 spiro atoms. The second kappa shape index (κ2) is 4.99. The zero-order valence-electron chi connectivity index (χ0n) is 12.6. The molecule has 2 aromatic carbocycles. The highest BCUT2D eigenvalue weighted by atomic mass is 15.4. The fourth-order valence-electron chi connectivity index (χ4n) is 2.85. The maximum atomic E-state index is 4.47. The minimum Gasteiger partial charge on any atom is -0.274 e. The first-order valence-corrected chi connectivity index (χ1v) is 7.60. The van der Waals surface area contributed by atoms with Crippen molar-refractivity contribution in [2.45, 2.75) is 0 Å². The van der Waals surface area contributed by atoms with Gasteiger partial charge in [-0.25, -0.2) is 0 Å². The number of nitrogens with zero attached hydrogens (tertiary/aromatic N) is 5. The molecule has 5 rings (SSSR count). The van der Waals surface area contributed by atoms with E-state index in [-0.39, 0.29) is 0 Å². The molecule has 0 radical (unpaired) electrons. The summed E-state index contributed by atoms with van der Waals surface area (Å²) in [6.45, 7) is 0. The Hall–Kier alpha value is -3.54. The molecule has 24 heavy (non-hydrogen) atoms. The first-order chi connectivity index (χ1) is 11.9. The Morgan fingerprint density at radius 2 is 1.71 bits per heavy atom. The van der Waals surface area contributed by atoms with Crippen LogP contribution in [0.25, 0.3) is 39.2 Å². The molecule has 0 saturated heterocycles. The van der Waals surface area contributed by atoms with Crippen molar-refractivity contribution in [3.8, 4) is 22.8 Å². The Kier molecular flexibility index (Phi) is 2.69. The topological polar surface area (TPSA) is 71.8 Å². The van der Waals surface area contributed by atoms with Crippen molar-refractivity contribution in [2.24, 2.45) is 0 Å². The van der Waals surface area contributed by atoms with Gasteiger partial charge in [-0.05, 0) is 6.07 Å². The smallest absolute Gasteiger partial charge is 0.203 e. The van der Waals surface area contributed by atoms with Gasteiger partial charge in [-0.3, -0.25) is 5.10 Å². The SMILES string of the molecule is c1ccc(-c2cc(-c3nnc4c5ccccc5cnn34)[nH]n2)cc1. The molecule has 0 aliphatic heterocycles. The molecular weight excluding hydrogens is 300 g/mol. The molecule has 3 heterocycles. The third kappa shape index (κ3) is 1.90. The van der Waals surface area contributed by atoms with E-state index in [1.807, 2.05) is 66.9 Å². The second-order valence-electron chi connectivity index (χ2n) is 5.52. The molecule has 0 atom stereocenters. The van der Waals surface area contributed by atoms with E-state index in [0.29, 0.717) is 5.82 Å². The molecule has 6 heteroatoms. The van der Waals surface area contributed by atoms with Crippen LogP contribution in [-0.4, -0.2) is 30.0 Å². The zero-order valence-corrected chi connectivity index (χ0v) is 12.6. The first-order valence-electron chi connectivity index (χ1n) is 7.60. The van der Waals surface area contributed by atoms with Gasteiger partial charge >= 0.3 is 0 Å². The van der Waals surface area contributed by atoms with Crippen LogP contribution in [-0.2, 0) is 0 Å². The lowest BCUT2D eigenvalue weighted by molar-refractivity contribution is 0.934. The van der Waals surface area contributed by atoms with Crippen LogP contribution in [0.5, 0.6) is 0 Å². The lowest BCUT2D eigenvalue weighted by Crippen LogP contribution is -1.95. The summed E-state index contributed by atoms with van der Waals surface area (Å²) < 4.78 is 1.74. The first kappa shape index (κ1) is 13.0. The van der Waals surface area contributed by atoms with Crippen LogP contribution in [0.4, 0.5) is 0 Å². The number of aromatic nitrogens is 6. The Morgan fingerprint density at radius 3 is 2.62 bits per heavy atom. The molecular formula is C18H12N6. The molecule has 6 nitrogen and oxygen atoms in total. The van der Waals surface area contributed by atoms with Gasteiger partial charge in [0, 0.05) is 16.3 Å². The van der Waals surface area contributed by atoms with Gasteiger partial charge in [-0.15, -0.1) is 10.2 Å². The van der Waals surface area contributed by atoms with Gasteiger partial charge in [0.1, 0.15) is 5.69 Å². The van der Waals surface area contributed by atoms with Crippen molar-refractivity contribution in [1.29, 1.82) is 0 Å². The van der Waals surface area contributed by atoms with Gasteiger partial charge in [-0.1, -0.05) is 54.6 Å². The fraction of sp³-hybridized carbons (Fsp3) is 0. The standard InChI is InChI=1S/C18H12N6/c1-2-6-12(7-3-1)15-10-16(21-20-15)18-23-22-17-14-9-5-4-8-13(14)11-19-24(17)18/h1-11H,(H,20,21). The number of H-pyrrole nitrogens is 1. The van der Waals surface area contributed by atoms with Crippen molar-refractivity contribution in [1.82, 2.24) is 30.0 Å². The maximum absolute atomic E-state index is 4.47. The third-order valence-corrected chi connectivity index (χ3v) is 4.04. The van der Waals surface area contributed by atoms with Gasteiger partial charge in [0.25, 0.3) is 0 Å². The lowest BCUT2D eigenvalue weighted by Gasteiger charge is -1.99. The predicted octanol–water partition coefficient (Wildman–Crippen LogP) is 3.33. The summed E-state index contributed by atoms with van der Waals surface area (Å²) in [5, 5.41) is 22.6. The van der Waals surface area contributed by atoms with Crippen molar-refractivity contribution >= 4 is 16.4 Å². The highest BCUT2D eigenvalue weighted by molar-refractivity contribution is 5.93. The van der Waals surface area contributed by atoms with E-state index in [1.165, 1.54) is 0 Å². The van der Waals surface area contributed by atoms with Gasteiger partial charge in [0.15, 0.2) is 5.65 Å². The van der Waals surface area contributed by atoms with E-state index >= 15 is 0 Å². The molecule has 0 bridgehead atoms. The van der Waals surface area contributed by atoms with Crippen LogP contribution < -0.4 is 0 Å². The summed E-state index contributed by atoms with van der Waals surface area (Å²) in [6, 6.07) is 20.0. The predicted molar refractivity (Wildman–Crippen MR) is 91.3 cm³/mol. The summed E-state index contributed by atoms with van der Waals surface area (Å²) in [4.78, 5) is 0. The second-order valence-corrected chi connectivity index (χ2v) is 5.52. The zero-order chi connectivity index (χ0) is 15.9. The summed E-state index contributed by atoms with van der Waals surface area (Å²) >= 11 is 0. The van der Waals surface area contributed by atoms with Gasteiger partial charge in [0.2, 0.25) is 5.82 Å². The van der Waals surface area contributed by atoms with Gasteiger partial charge < -0.3 is 0 Å². The van der Waals surface area contributed by atoms with E-state index in [1.54, 1.807) is 4.52 Å². The molecule has 114 valence electrons. The molecule has 3 aromatic heterocycles. The van der Waals surface area contributed by atoms with Gasteiger partial charge in [0.05, 0.1) is 11.9 Å². The van der Waals surface area contributed by atoms with Crippen LogP contribution in [0.2, 0.25) is 0 Å². The summed E-state index contributed by atoms with van der Waals surface area (Å²) in [7, 11) is 0. The summed E-state index contributed by atoms with van der Waals surface area (Å²) in [5.41, 5.74) is 3.43. The normalized spacial score (nSPS) is 11.3. The van der Waals surface area contributed by atoms with E-state index in [2.05, 4.69) is 25.5 Å².